The van der Waals surface area contributed by atoms with E-state index < -0.39 is 0 Å². The molecule has 2 heteroatoms. The van der Waals surface area contributed by atoms with Crippen molar-refractivity contribution in [1.82, 2.24) is 0 Å². The summed E-state index contributed by atoms with van der Waals surface area (Å²) in [4.78, 5) is 2.33. The van der Waals surface area contributed by atoms with Crippen LogP contribution in [0.25, 0.3) is 22.3 Å². The van der Waals surface area contributed by atoms with Crippen LogP contribution in [0.5, 0.6) is 0 Å². The van der Waals surface area contributed by atoms with Crippen molar-refractivity contribution in [1.29, 1.82) is 0 Å². The van der Waals surface area contributed by atoms with E-state index in [1.165, 1.54) is 27.8 Å². The Morgan fingerprint density at radius 2 is 0.800 bits per heavy atom. The molecule has 0 spiro atoms. The molecule has 35 heavy (non-hydrogen) atoms. The molecule has 0 aliphatic carbocycles. The van der Waals surface area contributed by atoms with Gasteiger partial charge in [0.1, 0.15) is 0 Å². The topological polar surface area (TPSA) is 3.24 Å². The summed E-state index contributed by atoms with van der Waals surface area (Å²) in [7, 11) is 0. The van der Waals surface area contributed by atoms with Gasteiger partial charge in [-0.3, -0.25) is 0 Å². The van der Waals surface area contributed by atoms with Crippen LogP contribution in [-0.4, -0.2) is 5.75 Å². The summed E-state index contributed by atoms with van der Waals surface area (Å²) < 4.78 is 0. The van der Waals surface area contributed by atoms with Crippen LogP contribution in [0.2, 0.25) is 0 Å². The molecule has 0 N–H and O–H groups in total. The molecule has 0 heterocycles. The summed E-state index contributed by atoms with van der Waals surface area (Å²) >= 11 is 4.36. The summed E-state index contributed by atoms with van der Waals surface area (Å²) in [6, 6.07) is 47.6. The lowest BCUT2D eigenvalue weighted by atomic mass is 10.0. The maximum atomic E-state index is 4.36. The van der Waals surface area contributed by atoms with Crippen LogP contribution in [0.4, 0.5) is 17.1 Å². The number of hydrogen-bond donors (Lipinski definition) is 1. The Hall–Kier alpha value is -3.75. The zero-order valence-corrected chi connectivity index (χ0v) is 20.6. The Bertz CT molecular complexity index is 1240. The van der Waals surface area contributed by atoms with Gasteiger partial charge in [-0.25, -0.2) is 0 Å². The van der Waals surface area contributed by atoms with E-state index in [1.807, 2.05) is 0 Å². The maximum absolute atomic E-state index is 4.36. The Morgan fingerprint density at radius 1 is 0.429 bits per heavy atom. The van der Waals surface area contributed by atoms with Gasteiger partial charge in [0.15, 0.2) is 0 Å². The van der Waals surface area contributed by atoms with Crippen LogP contribution in [-0.2, 0) is 6.42 Å². The predicted octanol–water partition coefficient (Wildman–Crippen LogP) is 9.35. The largest absolute Gasteiger partial charge is 0.311 e. The fourth-order valence-corrected chi connectivity index (χ4v) is 4.57. The molecule has 0 aliphatic heterocycles. The highest BCUT2D eigenvalue weighted by Crippen LogP contribution is 2.36. The van der Waals surface area contributed by atoms with Crippen molar-refractivity contribution in [3.63, 3.8) is 0 Å². The number of anilines is 3. The fraction of sp³-hybridized carbons (Fsp3) is 0.0909. The van der Waals surface area contributed by atoms with Crippen molar-refractivity contribution in [2.75, 3.05) is 10.7 Å². The molecule has 0 bridgehead atoms. The quantitative estimate of drug-likeness (QED) is 0.221. The van der Waals surface area contributed by atoms with Crippen molar-refractivity contribution in [3.05, 3.63) is 139 Å². The van der Waals surface area contributed by atoms with Crippen LogP contribution in [0.3, 0.4) is 0 Å². The monoisotopic (exact) mass is 471 g/mol. The normalized spacial score (nSPS) is 10.8. The second-order valence-corrected chi connectivity index (χ2v) is 9.10. The third kappa shape index (κ3) is 5.50. The first-order valence-electron chi connectivity index (χ1n) is 12.1. The zero-order valence-electron chi connectivity index (χ0n) is 19.7. The number of thiol groups is 1. The maximum Gasteiger partial charge on any atom is 0.0462 e. The van der Waals surface area contributed by atoms with E-state index in [1.54, 1.807) is 0 Å². The number of aryl methyl sites for hydroxylation is 1. The molecule has 5 aromatic carbocycles. The third-order valence-electron chi connectivity index (χ3n) is 6.28. The number of rotatable bonds is 8. The van der Waals surface area contributed by atoms with Crippen LogP contribution in [0, 0.1) is 0 Å². The van der Waals surface area contributed by atoms with Crippen molar-refractivity contribution < 1.29 is 0 Å². The SMILES string of the molecule is SCCCc1ccc(N(c2ccc(-c3ccccc3)cc2)c2ccc(-c3ccccc3)cc2)cc1. The first-order chi connectivity index (χ1) is 17.3. The van der Waals surface area contributed by atoms with Crippen molar-refractivity contribution in [3.8, 4) is 22.3 Å². The standard InChI is InChI=1S/C33H29NS/c35-25-7-8-26-13-19-31(20-14-26)34(32-21-15-29(16-22-32)27-9-3-1-4-10-27)33-23-17-30(18-24-33)28-11-5-2-6-12-28/h1-6,9-24,35H,7-8,25H2. The van der Waals surface area contributed by atoms with Gasteiger partial charge in [0.25, 0.3) is 0 Å². The van der Waals surface area contributed by atoms with Gasteiger partial charge >= 0.3 is 0 Å². The number of benzene rings is 5. The molecular weight excluding hydrogens is 442 g/mol. The lowest BCUT2D eigenvalue weighted by molar-refractivity contribution is 0.936. The van der Waals surface area contributed by atoms with Gasteiger partial charge in [-0.2, -0.15) is 12.6 Å². The molecule has 0 radical (unpaired) electrons. The van der Waals surface area contributed by atoms with E-state index in [0.29, 0.717) is 0 Å². The van der Waals surface area contributed by atoms with Crippen molar-refractivity contribution in [2.24, 2.45) is 0 Å². The summed E-state index contributed by atoms with van der Waals surface area (Å²) in [6.07, 6.45) is 2.15. The highest BCUT2D eigenvalue weighted by Gasteiger charge is 2.13. The van der Waals surface area contributed by atoms with Gasteiger partial charge in [0.05, 0.1) is 0 Å². The fourth-order valence-electron chi connectivity index (χ4n) is 4.41. The number of nitrogens with zero attached hydrogens (tertiary/aromatic N) is 1. The molecule has 0 aromatic heterocycles. The molecule has 5 rings (SSSR count). The van der Waals surface area contributed by atoms with Gasteiger partial charge in [-0.15, -0.1) is 0 Å². The third-order valence-corrected chi connectivity index (χ3v) is 6.60. The molecule has 172 valence electrons. The van der Waals surface area contributed by atoms with Gasteiger partial charge in [-0.05, 0) is 82.8 Å². The molecule has 1 nitrogen and oxygen atoms in total. The van der Waals surface area contributed by atoms with Gasteiger partial charge in [-0.1, -0.05) is 97.1 Å². The van der Waals surface area contributed by atoms with Crippen molar-refractivity contribution >= 4 is 29.7 Å². The molecular formula is C33H29NS. The zero-order chi connectivity index (χ0) is 23.9. The van der Waals surface area contributed by atoms with Crippen molar-refractivity contribution in [2.45, 2.75) is 12.8 Å². The Morgan fingerprint density at radius 3 is 1.20 bits per heavy atom. The minimum absolute atomic E-state index is 0.912. The van der Waals surface area contributed by atoms with E-state index in [4.69, 9.17) is 0 Å². The van der Waals surface area contributed by atoms with Gasteiger partial charge in [0, 0.05) is 17.1 Å². The summed E-state index contributed by atoms with van der Waals surface area (Å²) in [5.74, 6) is 0.912. The van der Waals surface area contributed by atoms with Gasteiger partial charge in [0.2, 0.25) is 0 Å². The second kappa shape index (κ2) is 11.1. The average Bonchev–Trinajstić information content (AvgIpc) is 2.94. The second-order valence-electron chi connectivity index (χ2n) is 8.65. The molecule has 0 amide bonds. The summed E-state index contributed by atoms with van der Waals surface area (Å²) in [5.41, 5.74) is 9.67. The van der Waals surface area contributed by atoms with Crippen LogP contribution < -0.4 is 4.90 Å². The van der Waals surface area contributed by atoms with Crippen LogP contribution >= 0.6 is 12.6 Å². The molecule has 0 atom stereocenters. The van der Waals surface area contributed by atoms with E-state index in [0.717, 1.165) is 35.7 Å². The summed E-state index contributed by atoms with van der Waals surface area (Å²) in [6.45, 7) is 0. The lowest BCUT2D eigenvalue weighted by Crippen LogP contribution is -2.10. The van der Waals surface area contributed by atoms with Gasteiger partial charge < -0.3 is 4.90 Å². The highest BCUT2D eigenvalue weighted by atomic mass is 32.1. The number of hydrogen-bond acceptors (Lipinski definition) is 2. The minimum atomic E-state index is 0.912. The Labute approximate surface area is 214 Å². The minimum Gasteiger partial charge on any atom is -0.311 e. The molecule has 0 fully saturated rings. The van der Waals surface area contributed by atoms with Crippen LogP contribution in [0.15, 0.2) is 133 Å². The Balaban J connectivity index is 1.50. The Kier molecular flexibility index (Phi) is 7.31. The van der Waals surface area contributed by atoms with Crippen LogP contribution in [0.1, 0.15) is 12.0 Å². The molecule has 0 saturated carbocycles. The predicted molar refractivity (Wildman–Crippen MR) is 154 cm³/mol. The van der Waals surface area contributed by atoms with E-state index in [9.17, 15) is 0 Å². The average molecular weight is 472 g/mol. The molecule has 0 unspecified atom stereocenters. The van der Waals surface area contributed by atoms with E-state index >= 15 is 0 Å². The first-order valence-corrected chi connectivity index (χ1v) is 12.8. The first kappa shape index (κ1) is 23.0. The molecule has 0 saturated heterocycles. The smallest absolute Gasteiger partial charge is 0.0462 e. The highest BCUT2D eigenvalue weighted by molar-refractivity contribution is 7.80. The molecule has 0 aliphatic rings. The lowest BCUT2D eigenvalue weighted by Gasteiger charge is -2.26. The van der Waals surface area contributed by atoms with E-state index in [-0.39, 0.29) is 0 Å². The molecule has 5 aromatic rings. The van der Waals surface area contributed by atoms with E-state index in [2.05, 4.69) is 151 Å². The summed E-state index contributed by atoms with van der Waals surface area (Å²) in [5, 5.41) is 0.